The number of nitrogens with zero attached hydrogens (tertiary/aromatic N) is 3. The largest absolute Gasteiger partial charge is 0.424 e. The highest BCUT2D eigenvalue weighted by Gasteiger charge is 2.26. The normalized spacial score (nSPS) is 23.5. The third kappa shape index (κ3) is 3.29. The van der Waals surface area contributed by atoms with E-state index in [1.807, 2.05) is 0 Å². The molecule has 0 spiro atoms. The van der Waals surface area contributed by atoms with Crippen molar-refractivity contribution in [1.82, 2.24) is 15.1 Å². The van der Waals surface area contributed by atoms with Gasteiger partial charge in [-0.15, -0.1) is 10.2 Å². The fourth-order valence-corrected chi connectivity index (χ4v) is 2.22. The van der Waals surface area contributed by atoms with Gasteiger partial charge in [-0.25, -0.2) is 0 Å². The number of hydrogen-bond acceptors (Lipinski definition) is 5. The summed E-state index contributed by atoms with van der Waals surface area (Å²) in [5, 5.41) is 8.29. The molecule has 0 amide bonds. The smallest absolute Gasteiger partial charge is 0.233 e. The Bertz CT molecular complexity index is 378. The molecule has 1 aliphatic rings. The van der Waals surface area contributed by atoms with E-state index in [4.69, 9.17) is 9.15 Å². The molecule has 18 heavy (non-hydrogen) atoms. The first kappa shape index (κ1) is 13.5. The van der Waals surface area contributed by atoms with Crippen LogP contribution in [0.4, 0.5) is 0 Å². The van der Waals surface area contributed by atoms with Gasteiger partial charge in [-0.3, -0.25) is 4.90 Å². The highest BCUT2D eigenvalue weighted by molar-refractivity contribution is 4.91. The Balaban J connectivity index is 1.99. The fraction of sp³-hybridized carbons (Fsp3) is 0.846. The molecule has 5 nitrogen and oxygen atoms in total. The Morgan fingerprint density at radius 3 is 2.78 bits per heavy atom. The summed E-state index contributed by atoms with van der Waals surface area (Å²) in [6, 6.07) is 0.171. The van der Waals surface area contributed by atoms with Crippen LogP contribution < -0.4 is 0 Å². The lowest BCUT2D eigenvalue weighted by molar-refractivity contribution is -0.0355. The number of morpholine rings is 1. The predicted octanol–water partition coefficient (Wildman–Crippen LogP) is 2.05. The number of rotatable bonds is 4. The van der Waals surface area contributed by atoms with Crippen molar-refractivity contribution in [3.8, 4) is 0 Å². The molecule has 1 aromatic rings. The molecular weight excluding hydrogens is 230 g/mol. The zero-order valence-electron chi connectivity index (χ0n) is 11.7. The van der Waals surface area contributed by atoms with Crippen molar-refractivity contribution in [2.75, 3.05) is 19.7 Å². The minimum atomic E-state index is 0.171. The van der Waals surface area contributed by atoms with E-state index >= 15 is 0 Å². The van der Waals surface area contributed by atoms with E-state index in [0.29, 0.717) is 5.92 Å². The molecule has 1 saturated heterocycles. The first-order valence-electron chi connectivity index (χ1n) is 6.74. The van der Waals surface area contributed by atoms with Crippen molar-refractivity contribution in [2.24, 2.45) is 5.92 Å². The van der Waals surface area contributed by atoms with Gasteiger partial charge < -0.3 is 9.15 Å². The van der Waals surface area contributed by atoms with E-state index in [-0.39, 0.29) is 12.1 Å². The summed E-state index contributed by atoms with van der Waals surface area (Å²) in [6.07, 6.45) is 1.12. The SMILES string of the molecule is CC(C)Cc1nnc([C@H](C)N2CCO[C@H](C)C2)o1. The standard InChI is InChI=1S/C13H23N3O2/c1-9(2)7-12-14-15-13(18-12)11(4)16-5-6-17-10(3)8-16/h9-11H,5-8H2,1-4H3/t10-,11+/m1/s1. The van der Waals surface area contributed by atoms with Crippen molar-refractivity contribution in [1.29, 1.82) is 0 Å². The molecule has 0 aliphatic carbocycles. The molecule has 2 rings (SSSR count). The average molecular weight is 253 g/mol. The lowest BCUT2D eigenvalue weighted by Gasteiger charge is -2.33. The van der Waals surface area contributed by atoms with Crippen molar-refractivity contribution in [2.45, 2.75) is 46.3 Å². The fourth-order valence-electron chi connectivity index (χ4n) is 2.22. The van der Waals surface area contributed by atoms with Crippen LogP contribution in [0.15, 0.2) is 4.42 Å². The number of aromatic nitrogens is 2. The van der Waals surface area contributed by atoms with Gasteiger partial charge in [0.15, 0.2) is 0 Å². The summed E-state index contributed by atoms with van der Waals surface area (Å²) in [4.78, 5) is 2.33. The quantitative estimate of drug-likeness (QED) is 0.822. The van der Waals surface area contributed by atoms with Crippen LogP contribution in [0, 0.1) is 5.92 Å². The lowest BCUT2D eigenvalue weighted by atomic mass is 10.1. The average Bonchev–Trinajstić information content (AvgIpc) is 2.75. The van der Waals surface area contributed by atoms with Crippen molar-refractivity contribution < 1.29 is 9.15 Å². The van der Waals surface area contributed by atoms with Crippen LogP contribution in [0.25, 0.3) is 0 Å². The van der Waals surface area contributed by atoms with Gasteiger partial charge in [0.25, 0.3) is 0 Å². The highest BCUT2D eigenvalue weighted by Crippen LogP contribution is 2.22. The maximum absolute atomic E-state index is 5.74. The Hall–Kier alpha value is -0.940. The molecule has 0 bridgehead atoms. The molecule has 1 aromatic heterocycles. The number of hydrogen-bond donors (Lipinski definition) is 0. The molecule has 0 unspecified atom stereocenters. The van der Waals surface area contributed by atoms with E-state index in [1.54, 1.807) is 0 Å². The van der Waals surface area contributed by atoms with Crippen LogP contribution >= 0.6 is 0 Å². The van der Waals surface area contributed by atoms with Gasteiger partial charge in [0.2, 0.25) is 11.8 Å². The molecule has 0 aromatic carbocycles. The minimum Gasteiger partial charge on any atom is -0.424 e. The van der Waals surface area contributed by atoms with E-state index in [9.17, 15) is 0 Å². The predicted molar refractivity (Wildman–Crippen MR) is 68.2 cm³/mol. The molecule has 1 fully saturated rings. The third-order valence-electron chi connectivity index (χ3n) is 3.24. The first-order chi connectivity index (χ1) is 8.56. The van der Waals surface area contributed by atoms with Crippen LogP contribution in [-0.4, -0.2) is 40.9 Å². The van der Waals surface area contributed by atoms with E-state index in [2.05, 4.69) is 42.8 Å². The Morgan fingerprint density at radius 2 is 2.11 bits per heavy atom. The Kier molecular flexibility index (Phi) is 4.35. The maximum atomic E-state index is 5.74. The second-order valence-corrected chi connectivity index (χ2v) is 5.48. The van der Waals surface area contributed by atoms with Gasteiger partial charge in [0, 0.05) is 19.5 Å². The second-order valence-electron chi connectivity index (χ2n) is 5.48. The first-order valence-corrected chi connectivity index (χ1v) is 6.74. The van der Waals surface area contributed by atoms with E-state index in [1.165, 1.54) is 0 Å². The third-order valence-corrected chi connectivity index (χ3v) is 3.24. The van der Waals surface area contributed by atoms with E-state index < -0.39 is 0 Å². The summed E-state index contributed by atoms with van der Waals surface area (Å²) in [5.41, 5.74) is 0. The zero-order valence-corrected chi connectivity index (χ0v) is 11.7. The molecule has 2 heterocycles. The molecule has 2 atom stereocenters. The van der Waals surface area contributed by atoms with Crippen molar-refractivity contribution >= 4 is 0 Å². The summed E-state index contributed by atoms with van der Waals surface area (Å²) in [5.74, 6) is 2.00. The molecule has 5 heteroatoms. The molecule has 0 saturated carbocycles. The summed E-state index contributed by atoms with van der Waals surface area (Å²) in [6.45, 7) is 11.1. The van der Waals surface area contributed by atoms with Gasteiger partial charge in [-0.2, -0.15) is 0 Å². The minimum absolute atomic E-state index is 0.171. The van der Waals surface area contributed by atoms with Crippen molar-refractivity contribution in [3.63, 3.8) is 0 Å². The highest BCUT2D eigenvalue weighted by atomic mass is 16.5. The van der Waals surface area contributed by atoms with Crippen molar-refractivity contribution in [3.05, 3.63) is 11.8 Å². The lowest BCUT2D eigenvalue weighted by Crippen LogP contribution is -2.42. The summed E-state index contributed by atoms with van der Waals surface area (Å²) < 4.78 is 11.3. The van der Waals surface area contributed by atoms with Gasteiger partial charge >= 0.3 is 0 Å². The van der Waals surface area contributed by atoms with Gasteiger partial charge in [-0.05, 0) is 19.8 Å². The van der Waals surface area contributed by atoms with Gasteiger partial charge in [-0.1, -0.05) is 13.8 Å². The summed E-state index contributed by atoms with van der Waals surface area (Å²) in [7, 11) is 0. The van der Waals surface area contributed by atoms with Crippen LogP contribution in [0.3, 0.4) is 0 Å². The second kappa shape index (κ2) is 5.80. The van der Waals surface area contributed by atoms with Gasteiger partial charge in [0.05, 0.1) is 18.8 Å². The molecular formula is C13H23N3O2. The number of ether oxygens (including phenoxy) is 1. The van der Waals surface area contributed by atoms with Crippen LogP contribution in [-0.2, 0) is 11.2 Å². The van der Waals surface area contributed by atoms with Gasteiger partial charge in [0.1, 0.15) is 0 Å². The molecule has 1 aliphatic heterocycles. The molecule has 102 valence electrons. The van der Waals surface area contributed by atoms with E-state index in [0.717, 1.165) is 37.9 Å². The van der Waals surface area contributed by atoms with Crippen LogP contribution in [0.2, 0.25) is 0 Å². The monoisotopic (exact) mass is 253 g/mol. The Labute approximate surface area is 109 Å². The summed E-state index contributed by atoms with van der Waals surface area (Å²) >= 11 is 0. The van der Waals surface area contributed by atoms with Crippen LogP contribution in [0.5, 0.6) is 0 Å². The zero-order chi connectivity index (χ0) is 13.1. The van der Waals surface area contributed by atoms with Crippen LogP contribution in [0.1, 0.15) is 45.5 Å². The molecule has 0 N–H and O–H groups in total. The molecule has 0 radical (unpaired) electrons. The maximum Gasteiger partial charge on any atom is 0.233 e. The Morgan fingerprint density at radius 1 is 1.33 bits per heavy atom. The topological polar surface area (TPSA) is 51.4 Å².